The molecular weight excluding hydrogens is 260 g/mol. The number of benzene rings is 1. The van der Waals surface area contributed by atoms with Gasteiger partial charge < -0.3 is 15.8 Å². The van der Waals surface area contributed by atoms with Crippen molar-refractivity contribution >= 4 is 33.0 Å². The van der Waals surface area contributed by atoms with Crippen LogP contribution >= 0.6 is 11.3 Å². The van der Waals surface area contributed by atoms with Gasteiger partial charge in [0.15, 0.2) is 0 Å². The van der Waals surface area contributed by atoms with E-state index in [4.69, 9.17) is 10.5 Å². The van der Waals surface area contributed by atoms with Crippen LogP contribution in [0.3, 0.4) is 0 Å². The van der Waals surface area contributed by atoms with Gasteiger partial charge in [0.2, 0.25) is 0 Å². The number of hydrogen-bond donors (Lipinski definition) is 2. The molecule has 0 radical (unpaired) electrons. The molecule has 0 fully saturated rings. The van der Waals surface area contributed by atoms with E-state index in [1.165, 1.54) is 11.3 Å². The normalized spacial score (nSPS) is 10.9. The van der Waals surface area contributed by atoms with E-state index in [-0.39, 0.29) is 5.91 Å². The minimum atomic E-state index is -0.116. The van der Waals surface area contributed by atoms with Gasteiger partial charge in [0.25, 0.3) is 5.91 Å². The molecule has 19 heavy (non-hydrogen) atoms. The average molecular weight is 278 g/mol. The highest BCUT2D eigenvalue weighted by Gasteiger charge is 2.18. The van der Waals surface area contributed by atoms with Crippen molar-refractivity contribution in [2.45, 2.75) is 13.8 Å². The van der Waals surface area contributed by atoms with Crippen molar-refractivity contribution in [3.05, 3.63) is 23.1 Å². The molecule has 1 heterocycles. The second kappa shape index (κ2) is 5.48. The van der Waals surface area contributed by atoms with Crippen molar-refractivity contribution < 1.29 is 9.53 Å². The molecule has 4 nitrogen and oxygen atoms in total. The third kappa shape index (κ3) is 2.66. The Morgan fingerprint density at radius 2 is 2.21 bits per heavy atom. The number of hydrogen-bond acceptors (Lipinski definition) is 4. The van der Waals surface area contributed by atoms with Crippen LogP contribution in [-0.4, -0.2) is 19.6 Å². The van der Waals surface area contributed by atoms with Gasteiger partial charge in [0.1, 0.15) is 10.6 Å². The smallest absolute Gasteiger partial charge is 0.263 e. The number of nitrogens with two attached hydrogens (primary N) is 1. The molecule has 2 aromatic rings. The Labute approximate surface area is 116 Å². The van der Waals surface area contributed by atoms with Crippen molar-refractivity contribution in [1.82, 2.24) is 5.32 Å². The number of amides is 1. The van der Waals surface area contributed by atoms with Gasteiger partial charge in [-0.25, -0.2) is 0 Å². The molecule has 3 N–H and O–H groups in total. The summed E-state index contributed by atoms with van der Waals surface area (Å²) in [7, 11) is 1.60. The van der Waals surface area contributed by atoms with Crippen molar-refractivity contribution in [2.75, 3.05) is 19.4 Å². The maximum Gasteiger partial charge on any atom is 0.263 e. The van der Waals surface area contributed by atoms with Crippen molar-refractivity contribution in [2.24, 2.45) is 5.92 Å². The monoisotopic (exact) mass is 278 g/mol. The molecule has 2 rings (SSSR count). The van der Waals surface area contributed by atoms with Crippen LogP contribution in [0.1, 0.15) is 23.5 Å². The standard InChI is InChI=1S/C14H18N2O2S/c1-8(2)7-16-14(17)13-12(15)11-9(18-3)5-4-6-10(11)19-13/h4-6,8H,7,15H2,1-3H3,(H,16,17). The summed E-state index contributed by atoms with van der Waals surface area (Å²) >= 11 is 1.40. The van der Waals surface area contributed by atoms with Crippen molar-refractivity contribution in [1.29, 1.82) is 0 Å². The van der Waals surface area contributed by atoms with E-state index >= 15 is 0 Å². The Bertz CT molecular complexity index is 605. The third-order valence-corrected chi connectivity index (χ3v) is 3.98. The number of thiophene rings is 1. The summed E-state index contributed by atoms with van der Waals surface area (Å²) in [5, 5.41) is 3.71. The highest BCUT2D eigenvalue weighted by atomic mass is 32.1. The summed E-state index contributed by atoms with van der Waals surface area (Å²) in [5.41, 5.74) is 6.59. The average Bonchev–Trinajstić information content (AvgIpc) is 2.73. The molecule has 102 valence electrons. The lowest BCUT2D eigenvalue weighted by Crippen LogP contribution is -2.27. The number of nitrogen functional groups attached to an aromatic ring is 1. The summed E-state index contributed by atoms with van der Waals surface area (Å²) < 4.78 is 6.26. The highest BCUT2D eigenvalue weighted by Crippen LogP contribution is 2.39. The van der Waals surface area contributed by atoms with Gasteiger partial charge in [-0.2, -0.15) is 0 Å². The summed E-state index contributed by atoms with van der Waals surface area (Å²) in [5.74, 6) is 0.998. The maximum atomic E-state index is 12.1. The number of methoxy groups -OCH3 is 1. The first-order valence-corrected chi connectivity index (χ1v) is 6.99. The number of ether oxygens (including phenoxy) is 1. The van der Waals surface area contributed by atoms with Crippen LogP contribution < -0.4 is 15.8 Å². The summed E-state index contributed by atoms with van der Waals surface area (Å²) in [4.78, 5) is 12.7. The number of fused-ring (bicyclic) bond motifs is 1. The zero-order chi connectivity index (χ0) is 14.0. The van der Waals surface area contributed by atoms with Crippen molar-refractivity contribution in [3.8, 4) is 5.75 Å². The Kier molecular flexibility index (Phi) is 3.95. The minimum Gasteiger partial charge on any atom is -0.496 e. The van der Waals surface area contributed by atoms with Crippen molar-refractivity contribution in [3.63, 3.8) is 0 Å². The SMILES string of the molecule is COc1cccc2sc(C(=O)NCC(C)C)c(N)c12. The molecule has 1 amide bonds. The Balaban J connectivity index is 2.40. The van der Waals surface area contributed by atoms with E-state index in [9.17, 15) is 4.79 Å². The second-order valence-corrected chi connectivity index (χ2v) is 5.83. The molecule has 0 bridgehead atoms. The molecule has 0 unspecified atom stereocenters. The van der Waals surface area contributed by atoms with E-state index in [1.54, 1.807) is 7.11 Å². The molecule has 0 aliphatic rings. The summed E-state index contributed by atoms with van der Waals surface area (Å²) in [6.07, 6.45) is 0. The molecule has 1 aromatic heterocycles. The topological polar surface area (TPSA) is 64.3 Å². The summed E-state index contributed by atoms with van der Waals surface area (Å²) in [6.45, 7) is 4.75. The van der Waals surface area contributed by atoms with Gasteiger partial charge in [-0.05, 0) is 18.1 Å². The number of carbonyl (C=O) groups excluding carboxylic acids is 1. The van der Waals surface area contributed by atoms with Gasteiger partial charge in [-0.1, -0.05) is 19.9 Å². The van der Waals surface area contributed by atoms with E-state index < -0.39 is 0 Å². The lowest BCUT2D eigenvalue weighted by Gasteiger charge is -2.06. The van der Waals surface area contributed by atoms with Gasteiger partial charge in [-0.3, -0.25) is 4.79 Å². The zero-order valence-corrected chi connectivity index (χ0v) is 12.1. The minimum absolute atomic E-state index is 0.116. The molecule has 0 spiro atoms. The molecule has 0 aliphatic carbocycles. The van der Waals surface area contributed by atoms with Crippen LogP contribution in [0.4, 0.5) is 5.69 Å². The highest BCUT2D eigenvalue weighted by molar-refractivity contribution is 7.21. The predicted octanol–water partition coefficient (Wildman–Crippen LogP) is 2.88. The Hall–Kier alpha value is -1.75. The summed E-state index contributed by atoms with van der Waals surface area (Å²) in [6, 6.07) is 5.69. The lowest BCUT2D eigenvalue weighted by molar-refractivity contribution is 0.0954. The van der Waals surface area contributed by atoms with Crippen LogP contribution in [-0.2, 0) is 0 Å². The molecule has 0 aliphatic heterocycles. The second-order valence-electron chi connectivity index (χ2n) is 4.78. The molecule has 0 atom stereocenters. The van der Waals surface area contributed by atoms with E-state index in [1.807, 2.05) is 18.2 Å². The lowest BCUT2D eigenvalue weighted by atomic mass is 10.2. The van der Waals surface area contributed by atoms with E-state index in [2.05, 4.69) is 19.2 Å². The first kappa shape index (κ1) is 13.7. The quantitative estimate of drug-likeness (QED) is 0.904. The maximum absolute atomic E-state index is 12.1. The fourth-order valence-electron chi connectivity index (χ4n) is 1.86. The number of nitrogens with one attached hydrogen (secondary N) is 1. The van der Waals surface area contributed by atoms with Crippen LogP contribution in [0.25, 0.3) is 10.1 Å². The molecule has 1 aromatic carbocycles. The van der Waals surface area contributed by atoms with Crippen LogP contribution in [0.15, 0.2) is 18.2 Å². The third-order valence-electron chi connectivity index (χ3n) is 2.81. The predicted molar refractivity (Wildman–Crippen MR) is 80.0 cm³/mol. The largest absolute Gasteiger partial charge is 0.496 e. The van der Waals surface area contributed by atoms with Gasteiger partial charge in [0.05, 0.1) is 18.2 Å². The van der Waals surface area contributed by atoms with Crippen LogP contribution in [0.5, 0.6) is 5.75 Å². The molecule has 5 heteroatoms. The fraction of sp³-hybridized carbons (Fsp3) is 0.357. The van der Waals surface area contributed by atoms with Gasteiger partial charge in [-0.15, -0.1) is 11.3 Å². The van der Waals surface area contributed by atoms with Gasteiger partial charge >= 0.3 is 0 Å². The van der Waals surface area contributed by atoms with Crippen LogP contribution in [0, 0.1) is 5.92 Å². The first-order valence-electron chi connectivity index (χ1n) is 6.17. The van der Waals surface area contributed by atoms with E-state index in [0.29, 0.717) is 28.8 Å². The molecular formula is C14H18N2O2S. The number of rotatable bonds is 4. The van der Waals surface area contributed by atoms with E-state index in [0.717, 1.165) is 10.1 Å². The Morgan fingerprint density at radius 3 is 2.84 bits per heavy atom. The van der Waals surface area contributed by atoms with Gasteiger partial charge in [0, 0.05) is 11.2 Å². The molecule has 0 saturated heterocycles. The number of carbonyl (C=O) groups is 1. The number of anilines is 1. The fourth-order valence-corrected chi connectivity index (χ4v) is 2.91. The van der Waals surface area contributed by atoms with Crippen LogP contribution in [0.2, 0.25) is 0 Å². The Morgan fingerprint density at radius 1 is 1.47 bits per heavy atom. The zero-order valence-electron chi connectivity index (χ0n) is 11.3. The first-order chi connectivity index (χ1) is 9.04. The molecule has 0 saturated carbocycles.